The normalized spacial score (nSPS) is 28.1. The van der Waals surface area contributed by atoms with Crippen molar-refractivity contribution in [3.8, 4) is 0 Å². The first kappa shape index (κ1) is 14.3. The van der Waals surface area contributed by atoms with Crippen LogP contribution in [0.4, 0.5) is 5.69 Å². The van der Waals surface area contributed by atoms with Crippen LogP contribution in [0, 0.1) is 0 Å². The van der Waals surface area contributed by atoms with Crippen LogP contribution in [-0.2, 0) is 4.79 Å². The van der Waals surface area contributed by atoms with Crippen LogP contribution in [0.2, 0.25) is 0 Å². The highest BCUT2D eigenvalue weighted by Crippen LogP contribution is 2.31. The number of hydrogen-bond donors (Lipinski definition) is 2. The van der Waals surface area contributed by atoms with Gasteiger partial charge in [0.25, 0.3) is 0 Å². The lowest BCUT2D eigenvalue weighted by Crippen LogP contribution is -2.56. The van der Waals surface area contributed by atoms with Gasteiger partial charge in [-0.05, 0) is 45.0 Å². The van der Waals surface area contributed by atoms with Crippen molar-refractivity contribution in [2.45, 2.75) is 31.3 Å². The molecule has 0 spiro atoms. The Morgan fingerprint density at radius 2 is 2.32 bits per heavy atom. The molecule has 104 valence electrons. The molecule has 0 radical (unpaired) electrons. The minimum atomic E-state index is -0.868. The number of halogens is 1. The molecule has 0 amide bonds. The van der Waals surface area contributed by atoms with Crippen LogP contribution in [0.3, 0.4) is 0 Å². The van der Waals surface area contributed by atoms with E-state index in [2.05, 4.69) is 33.1 Å². The number of benzene rings is 1. The first-order chi connectivity index (χ1) is 8.93. The van der Waals surface area contributed by atoms with Gasteiger partial charge < -0.3 is 15.3 Å². The van der Waals surface area contributed by atoms with Crippen molar-refractivity contribution < 1.29 is 9.90 Å². The summed E-state index contributed by atoms with van der Waals surface area (Å²) in [5.41, 5.74) is -0.0271. The Balaban J connectivity index is 2.23. The van der Waals surface area contributed by atoms with Gasteiger partial charge in [-0.3, -0.25) is 0 Å². The predicted molar refractivity (Wildman–Crippen MR) is 79.5 cm³/mol. The van der Waals surface area contributed by atoms with E-state index in [1.165, 1.54) is 0 Å². The topological polar surface area (TPSA) is 52.6 Å². The maximum Gasteiger partial charge on any atom is 0.329 e. The number of hydrogen-bond acceptors (Lipinski definition) is 3. The molecule has 1 aromatic rings. The molecule has 1 aromatic carbocycles. The molecule has 0 saturated carbocycles. The first-order valence-electron chi connectivity index (χ1n) is 6.40. The highest BCUT2D eigenvalue weighted by atomic mass is 79.9. The summed E-state index contributed by atoms with van der Waals surface area (Å²) in [6.45, 7) is 2.86. The van der Waals surface area contributed by atoms with Crippen LogP contribution >= 0.6 is 15.9 Å². The van der Waals surface area contributed by atoms with Crippen molar-refractivity contribution in [2.24, 2.45) is 0 Å². The van der Waals surface area contributed by atoms with Gasteiger partial charge in [0.2, 0.25) is 0 Å². The van der Waals surface area contributed by atoms with E-state index in [-0.39, 0.29) is 6.04 Å². The van der Waals surface area contributed by atoms with Gasteiger partial charge in [-0.1, -0.05) is 22.0 Å². The number of carboxylic acids is 1. The molecule has 5 heteroatoms. The molecule has 1 fully saturated rings. The molecule has 2 rings (SSSR count). The second-order valence-electron chi connectivity index (χ2n) is 5.31. The fourth-order valence-electron chi connectivity index (χ4n) is 2.55. The van der Waals surface area contributed by atoms with Gasteiger partial charge in [0, 0.05) is 22.7 Å². The number of carboxylic acid groups (broad SMARTS) is 1. The number of rotatable bonds is 3. The standard InChI is InChI=1S/C14H19BrN2O2/c1-10-9-14(13(18)19,6-7-17(10)2)16-12-5-3-4-11(15)8-12/h3-5,8,10,16H,6-7,9H2,1-2H3,(H,18,19). The Kier molecular flexibility index (Phi) is 4.16. The smallest absolute Gasteiger partial charge is 0.329 e. The Morgan fingerprint density at radius 1 is 1.58 bits per heavy atom. The Morgan fingerprint density at radius 3 is 2.89 bits per heavy atom. The quantitative estimate of drug-likeness (QED) is 0.896. The lowest BCUT2D eigenvalue weighted by molar-refractivity contribution is -0.144. The summed E-state index contributed by atoms with van der Waals surface area (Å²) in [6.07, 6.45) is 1.21. The SMILES string of the molecule is CC1CC(Nc2cccc(Br)c2)(C(=O)O)CCN1C. The molecule has 1 aliphatic heterocycles. The zero-order chi connectivity index (χ0) is 14.0. The molecule has 1 heterocycles. The number of anilines is 1. The third-order valence-electron chi connectivity index (χ3n) is 3.91. The maximum absolute atomic E-state index is 11.7. The average molecular weight is 327 g/mol. The third kappa shape index (κ3) is 3.09. The van der Waals surface area contributed by atoms with Crippen LogP contribution < -0.4 is 5.32 Å². The first-order valence-corrected chi connectivity index (χ1v) is 7.20. The fraction of sp³-hybridized carbons (Fsp3) is 0.500. The number of likely N-dealkylation sites (tertiary alicyclic amines) is 1. The van der Waals surface area contributed by atoms with Crippen molar-refractivity contribution in [3.63, 3.8) is 0 Å². The highest BCUT2D eigenvalue weighted by molar-refractivity contribution is 9.10. The number of nitrogens with one attached hydrogen (secondary N) is 1. The largest absolute Gasteiger partial charge is 0.480 e. The lowest BCUT2D eigenvalue weighted by atomic mass is 9.83. The van der Waals surface area contributed by atoms with E-state index in [1.54, 1.807) is 0 Å². The minimum Gasteiger partial charge on any atom is -0.480 e. The molecule has 1 saturated heterocycles. The highest BCUT2D eigenvalue weighted by Gasteiger charge is 2.43. The number of carbonyl (C=O) groups is 1. The second-order valence-corrected chi connectivity index (χ2v) is 6.22. The monoisotopic (exact) mass is 326 g/mol. The predicted octanol–water partition coefficient (Wildman–Crippen LogP) is 2.80. The van der Waals surface area contributed by atoms with Gasteiger partial charge in [0.1, 0.15) is 5.54 Å². The molecule has 2 unspecified atom stereocenters. The lowest BCUT2D eigenvalue weighted by Gasteiger charge is -2.42. The summed E-state index contributed by atoms with van der Waals surface area (Å²) >= 11 is 3.41. The Labute approximate surface area is 121 Å². The van der Waals surface area contributed by atoms with Crippen LogP contribution in [-0.4, -0.2) is 41.1 Å². The van der Waals surface area contributed by atoms with E-state index >= 15 is 0 Å². The van der Waals surface area contributed by atoms with Crippen molar-refractivity contribution in [3.05, 3.63) is 28.7 Å². The van der Waals surface area contributed by atoms with Crippen LogP contribution in [0.15, 0.2) is 28.7 Å². The van der Waals surface area contributed by atoms with Crippen LogP contribution in [0.1, 0.15) is 19.8 Å². The summed E-state index contributed by atoms with van der Waals surface area (Å²) in [5, 5.41) is 12.9. The molecular weight excluding hydrogens is 308 g/mol. The van der Waals surface area contributed by atoms with Crippen LogP contribution in [0.5, 0.6) is 0 Å². The summed E-state index contributed by atoms with van der Waals surface area (Å²) in [7, 11) is 2.04. The maximum atomic E-state index is 11.7. The molecule has 2 atom stereocenters. The summed E-state index contributed by atoms with van der Waals surface area (Å²) in [6, 6.07) is 7.90. The molecule has 19 heavy (non-hydrogen) atoms. The van der Waals surface area contributed by atoms with E-state index in [9.17, 15) is 9.90 Å². The molecule has 0 aliphatic carbocycles. The van der Waals surface area contributed by atoms with Gasteiger partial charge in [-0.25, -0.2) is 4.79 Å². The van der Waals surface area contributed by atoms with E-state index in [0.717, 1.165) is 16.7 Å². The summed E-state index contributed by atoms with van der Waals surface area (Å²) in [4.78, 5) is 13.9. The fourth-order valence-corrected chi connectivity index (χ4v) is 2.95. The van der Waals surface area contributed by atoms with Crippen molar-refractivity contribution in [2.75, 3.05) is 18.9 Å². The molecule has 0 bridgehead atoms. The molecule has 2 N–H and O–H groups in total. The molecule has 4 nitrogen and oxygen atoms in total. The number of nitrogens with zero attached hydrogens (tertiary/aromatic N) is 1. The Bertz CT molecular complexity index is 480. The van der Waals surface area contributed by atoms with E-state index in [0.29, 0.717) is 12.8 Å². The van der Waals surface area contributed by atoms with Crippen molar-refractivity contribution >= 4 is 27.6 Å². The van der Waals surface area contributed by atoms with Gasteiger partial charge in [-0.15, -0.1) is 0 Å². The minimum absolute atomic E-state index is 0.254. The van der Waals surface area contributed by atoms with E-state index in [4.69, 9.17) is 0 Å². The zero-order valence-electron chi connectivity index (χ0n) is 11.2. The van der Waals surface area contributed by atoms with Gasteiger partial charge in [0.15, 0.2) is 0 Å². The van der Waals surface area contributed by atoms with Gasteiger partial charge >= 0.3 is 5.97 Å². The van der Waals surface area contributed by atoms with Crippen molar-refractivity contribution in [1.29, 1.82) is 0 Å². The Hall–Kier alpha value is -1.07. The van der Waals surface area contributed by atoms with E-state index < -0.39 is 11.5 Å². The molecule has 1 aliphatic rings. The van der Waals surface area contributed by atoms with Gasteiger partial charge in [0.05, 0.1) is 0 Å². The molecular formula is C14H19BrN2O2. The van der Waals surface area contributed by atoms with Crippen LogP contribution in [0.25, 0.3) is 0 Å². The summed E-state index contributed by atoms with van der Waals surface area (Å²) < 4.78 is 0.944. The molecule has 0 aromatic heterocycles. The number of aliphatic carboxylic acids is 1. The van der Waals surface area contributed by atoms with Gasteiger partial charge in [-0.2, -0.15) is 0 Å². The zero-order valence-corrected chi connectivity index (χ0v) is 12.8. The third-order valence-corrected chi connectivity index (χ3v) is 4.40. The number of piperidine rings is 1. The summed E-state index contributed by atoms with van der Waals surface area (Å²) in [5.74, 6) is -0.771. The average Bonchev–Trinajstić information content (AvgIpc) is 2.34. The second kappa shape index (κ2) is 5.51. The van der Waals surface area contributed by atoms with Crippen molar-refractivity contribution in [1.82, 2.24) is 4.90 Å². The van der Waals surface area contributed by atoms with E-state index in [1.807, 2.05) is 31.3 Å².